The largest absolute Gasteiger partial charge is 0.479 e. The van der Waals surface area contributed by atoms with E-state index < -0.39 is 17.7 Å². The first-order chi connectivity index (χ1) is 9.43. The zero-order valence-corrected chi connectivity index (χ0v) is 11.6. The third-order valence-electron chi connectivity index (χ3n) is 3.23. The Balaban J connectivity index is 2.59. The highest BCUT2D eigenvalue weighted by Crippen LogP contribution is 2.29. The lowest BCUT2D eigenvalue weighted by molar-refractivity contribution is -0.144. The van der Waals surface area contributed by atoms with Crippen molar-refractivity contribution in [2.24, 2.45) is 0 Å². The first-order valence-corrected chi connectivity index (χ1v) is 6.39. The van der Waals surface area contributed by atoms with Crippen molar-refractivity contribution < 1.29 is 19.1 Å². The number of hydrogen-bond acceptors (Lipinski definition) is 4. The number of carboxylic acid groups (broad SMARTS) is 1. The maximum Gasteiger partial charge on any atom is 0.344 e. The molecule has 1 heterocycles. The number of aryl methyl sites for hydroxylation is 2. The van der Waals surface area contributed by atoms with Crippen LogP contribution in [-0.2, 0) is 11.2 Å². The van der Waals surface area contributed by atoms with E-state index in [0.717, 1.165) is 10.9 Å². The Morgan fingerprint density at radius 1 is 1.45 bits per heavy atom. The highest BCUT2D eigenvalue weighted by Gasteiger charge is 2.16. The van der Waals surface area contributed by atoms with Gasteiger partial charge in [0, 0.05) is 17.0 Å². The number of carboxylic acids is 1. The maximum atomic E-state index is 11.6. The molecule has 1 aromatic heterocycles. The molecule has 20 heavy (non-hydrogen) atoms. The molecule has 106 valence electrons. The third kappa shape index (κ3) is 2.52. The number of ether oxygens (including phenoxy) is 1. The average molecular weight is 276 g/mol. The summed E-state index contributed by atoms with van der Waals surface area (Å²) in [5, 5.41) is 9.72. The van der Waals surface area contributed by atoms with Crippen molar-refractivity contribution in [1.82, 2.24) is 0 Å². The Bertz CT molecular complexity index is 714. The van der Waals surface area contributed by atoms with E-state index in [0.29, 0.717) is 23.3 Å². The molecule has 1 unspecified atom stereocenters. The van der Waals surface area contributed by atoms with E-state index in [9.17, 15) is 9.59 Å². The topological polar surface area (TPSA) is 76.7 Å². The lowest BCUT2D eigenvalue weighted by Gasteiger charge is -2.14. The van der Waals surface area contributed by atoms with Gasteiger partial charge in [-0.1, -0.05) is 6.92 Å². The van der Waals surface area contributed by atoms with Gasteiger partial charge in [0.15, 0.2) is 6.10 Å². The van der Waals surface area contributed by atoms with Gasteiger partial charge in [-0.05, 0) is 38.0 Å². The van der Waals surface area contributed by atoms with Crippen LogP contribution in [0.2, 0.25) is 0 Å². The predicted molar refractivity (Wildman–Crippen MR) is 74.3 cm³/mol. The summed E-state index contributed by atoms with van der Waals surface area (Å²) in [6, 6.07) is 4.96. The zero-order valence-electron chi connectivity index (χ0n) is 11.6. The van der Waals surface area contributed by atoms with Crippen molar-refractivity contribution >= 4 is 16.9 Å². The monoisotopic (exact) mass is 276 g/mol. The minimum atomic E-state index is -1.05. The van der Waals surface area contributed by atoms with E-state index in [4.69, 9.17) is 14.3 Å². The van der Waals surface area contributed by atoms with Crippen molar-refractivity contribution in [3.05, 3.63) is 39.7 Å². The fourth-order valence-electron chi connectivity index (χ4n) is 2.07. The standard InChI is InChI=1S/C15H16O5/c1-4-10-7-13(16)20-14-8(2)12(6-5-11(10)14)19-9(3)15(17)18/h5-7,9H,4H2,1-3H3,(H,17,18). The van der Waals surface area contributed by atoms with Gasteiger partial charge in [0.2, 0.25) is 0 Å². The molecule has 0 aliphatic rings. The van der Waals surface area contributed by atoms with Gasteiger partial charge in [0.25, 0.3) is 0 Å². The molecule has 2 aromatic rings. The molecular weight excluding hydrogens is 260 g/mol. The first kappa shape index (κ1) is 14.1. The molecule has 0 spiro atoms. The van der Waals surface area contributed by atoms with Gasteiger partial charge in [-0.25, -0.2) is 9.59 Å². The van der Waals surface area contributed by atoms with E-state index in [1.54, 1.807) is 19.1 Å². The van der Waals surface area contributed by atoms with Gasteiger partial charge < -0.3 is 14.3 Å². The molecule has 2 rings (SSSR count). The molecule has 0 bridgehead atoms. The Morgan fingerprint density at radius 2 is 2.15 bits per heavy atom. The summed E-state index contributed by atoms with van der Waals surface area (Å²) in [4.78, 5) is 22.4. The third-order valence-corrected chi connectivity index (χ3v) is 3.23. The highest BCUT2D eigenvalue weighted by atomic mass is 16.5. The normalized spacial score (nSPS) is 12.3. The van der Waals surface area contributed by atoms with Crippen LogP contribution >= 0.6 is 0 Å². The Kier molecular flexibility index (Phi) is 3.79. The molecule has 0 aliphatic carbocycles. The molecular formula is C15H16O5. The maximum absolute atomic E-state index is 11.6. The van der Waals surface area contributed by atoms with E-state index in [2.05, 4.69) is 0 Å². The second kappa shape index (κ2) is 5.36. The van der Waals surface area contributed by atoms with Gasteiger partial charge in [-0.15, -0.1) is 0 Å². The number of fused-ring (bicyclic) bond motifs is 1. The van der Waals surface area contributed by atoms with Gasteiger partial charge in [-0.3, -0.25) is 0 Å². The minimum absolute atomic E-state index is 0.406. The van der Waals surface area contributed by atoms with E-state index in [1.807, 2.05) is 6.92 Å². The molecule has 1 N–H and O–H groups in total. The van der Waals surface area contributed by atoms with Crippen molar-refractivity contribution in [3.8, 4) is 5.75 Å². The van der Waals surface area contributed by atoms with Crippen LogP contribution in [0.1, 0.15) is 25.0 Å². The van der Waals surface area contributed by atoms with Crippen molar-refractivity contribution in [1.29, 1.82) is 0 Å². The number of hydrogen-bond donors (Lipinski definition) is 1. The summed E-state index contributed by atoms with van der Waals surface area (Å²) in [7, 11) is 0. The second-order valence-corrected chi connectivity index (χ2v) is 4.61. The Hall–Kier alpha value is -2.30. The van der Waals surface area contributed by atoms with Gasteiger partial charge in [0.05, 0.1) is 0 Å². The summed E-state index contributed by atoms with van der Waals surface area (Å²) in [6.07, 6.45) is -0.250. The molecule has 0 saturated carbocycles. The quantitative estimate of drug-likeness (QED) is 0.868. The highest BCUT2D eigenvalue weighted by molar-refractivity contribution is 5.85. The SMILES string of the molecule is CCc1cc(=O)oc2c(C)c(OC(C)C(=O)O)ccc12. The van der Waals surface area contributed by atoms with Crippen LogP contribution in [0.4, 0.5) is 0 Å². The van der Waals surface area contributed by atoms with Crippen molar-refractivity contribution in [2.75, 3.05) is 0 Å². The van der Waals surface area contributed by atoms with Gasteiger partial charge in [-0.2, -0.15) is 0 Å². The van der Waals surface area contributed by atoms with Crippen LogP contribution < -0.4 is 10.4 Å². The summed E-state index contributed by atoms with van der Waals surface area (Å²) < 4.78 is 10.6. The summed E-state index contributed by atoms with van der Waals surface area (Å²) in [6.45, 7) is 5.15. The van der Waals surface area contributed by atoms with Crippen LogP contribution in [0.3, 0.4) is 0 Å². The molecule has 0 saturated heterocycles. The van der Waals surface area contributed by atoms with Crippen LogP contribution in [0.5, 0.6) is 5.75 Å². The van der Waals surface area contributed by atoms with Crippen LogP contribution in [0.15, 0.2) is 27.4 Å². The molecule has 5 heteroatoms. The molecule has 5 nitrogen and oxygen atoms in total. The lowest BCUT2D eigenvalue weighted by atomic mass is 10.0. The van der Waals surface area contributed by atoms with Gasteiger partial charge in [0.1, 0.15) is 11.3 Å². The fourth-order valence-corrected chi connectivity index (χ4v) is 2.07. The smallest absolute Gasteiger partial charge is 0.344 e. The number of carbonyl (C=O) groups is 1. The molecule has 1 atom stereocenters. The first-order valence-electron chi connectivity index (χ1n) is 6.39. The lowest BCUT2D eigenvalue weighted by Crippen LogP contribution is -2.23. The summed E-state index contributed by atoms with van der Waals surface area (Å²) in [5.41, 5.74) is 1.56. The van der Waals surface area contributed by atoms with Crippen molar-refractivity contribution in [2.45, 2.75) is 33.3 Å². The molecule has 0 fully saturated rings. The molecule has 0 amide bonds. The van der Waals surface area contributed by atoms with Crippen LogP contribution in [0, 0.1) is 6.92 Å². The molecule has 1 aromatic carbocycles. The van der Waals surface area contributed by atoms with Crippen LogP contribution in [0.25, 0.3) is 11.0 Å². The Labute approximate surface area is 115 Å². The molecule has 0 aliphatic heterocycles. The summed E-state index contributed by atoms with van der Waals surface area (Å²) in [5.74, 6) is -0.642. The second-order valence-electron chi connectivity index (χ2n) is 4.61. The summed E-state index contributed by atoms with van der Waals surface area (Å²) >= 11 is 0. The van der Waals surface area contributed by atoms with E-state index >= 15 is 0 Å². The van der Waals surface area contributed by atoms with E-state index in [-0.39, 0.29) is 0 Å². The van der Waals surface area contributed by atoms with Gasteiger partial charge >= 0.3 is 11.6 Å². The number of benzene rings is 1. The van der Waals surface area contributed by atoms with E-state index in [1.165, 1.54) is 13.0 Å². The minimum Gasteiger partial charge on any atom is -0.479 e. The predicted octanol–water partition coefficient (Wildman–Crippen LogP) is 2.52. The fraction of sp³-hybridized carbons (Fsp3) is 0.333. The van der Waals surface area contributed by atoms with Crippen LogP contribution in [-0.4, -0.2) is 17.2 Å². The zero-order chi connectivity index (χ0) is 14.9. The number of rotatable bonds is 4. The molecule has 0 radical (unpaired) electrons. The number of aliphatic carboxylic acids is 1. The van der Waals surface area contributed by atoms with Crippen molar-refractivity contribution in [3.63, 3.8) is 0 Å². The Morgan fingerprint density at radius 3 is 2.75 bits per heavy atom. The average Bonchev–Trinajstić information content (AvgIpc) is 2.41.